The van der Waals surface area contributed by atoms with Gasteiger partial charge in [0.2, 0.25) is 0 Å². The van der Waals surface area contributed by atoms with Crippen molar-refractivity contribution in [2.45, 2.75) is 31.2 Å². The van der Waals surface area contributed by atoms with Gasteiger partial charge in [0.1, 0.15) is 5.03 Å². The molecule has 1 heterocycles. The summed E-state index contributed by atoms with van der Waals surface area (Å²) in [6.07, 6.45) is 5.64. The molecule has 1 aromatic heterocycles. The topological polar surface area (TPSA) is 26.0 Å². The summed E-state index contributed by atoms with van der Waals surface area (Å²) in [6.45, 7) is 2.22. The first-order chi connectivity index (χ1) is 8.33. The Balaban J connectivity index is 2.11. The Morgan fingerprint density at radius 3 is 2.59 bits per heavy atom. The number of hydrogen-bond acceptors (Lipinski definition) is 3. The molecular weight excluding hydrogens is 230 g/mol. The Hall–Kier alpha value is -1.22. The van der Waals surface area contributed by atoms with Gasteiger partial charge in [-0.3, -0.25) is 0 Å². The van der Waals surface area contributed by atoms with Crippen LogP contribution >= 0.6 is 11.8 Å². The van der Waals surface area contributed by atoms with Crippen LogP contribution in [0.2, 0.25) is 0 Å². The molecule has 0 bridgehead atoms. The van der Waals surface area contributed by atoms with E-state index in [1.54, 1.807) is 11.8 Å². The van der Waals surface area contributed by atoms with Crippen LogP contribution in [0.25, 0.3) is 11.3 Å². The van der Waals surface area contributed by atoms with Gasteiger partial charge < -0.3 is 4.52 Å². The third-order valence-electron chi connectivity index (χ3n) is 2.76. The van der Waals surface area contributed by atoms with E-state index in [-0.39, 0.29) is 0 Å². The largest absolute Gasteiger partial charge is 0.355 e. The normalized spacial score (nSPS) is 10.7. The van der Waals surface area contributed by atoms with E-state index in [0.717, 1.165) is 22.8 Å². The van der Waals surface area contributed by atoms with E-state index in [0.29, 0.717) is 0 Å². The number of benzene rings is 1. The van der Waals surface area contributed by atoms with Gasteiger partial charge in [-0.25, -0.2) is 0 Å². The predicted molar refractivity (Wildman–Crippen MR) is 72.3 cm³/mol. The highest BCUT2D eigenvalue weighted by molar-refractivity contribution is 7.98. The summed E-state index contributed by atoms with van der Waals surface area (Å²) in [7, 11) is 0. The van der Waals surface area contributed by atoms with Crippen molar-refractivity contribution in [1.82, 2.24) is 5.16 Å². The standard InChI is InChI=1S/C14H17NOS/c1-3-4-5-11-6-8-12(9-7-11)13-10-14(17-2)15-16-13/h6-10H,3-5H2,1-2H3. The van der Waals surface area contributed by atoms with Crippen LogP contribution in [-0.2, 0) is 6.42 Å². The summed E-state index contributed by atoms with van der Waals surface area (Å²) < 4.78 is 5.29. The maximum atomic E-state index is 5.29. The van der Waals surface area contributed by atoms with Crippen molar-refractivity contribution >= 4 is 11.8 Å². The van der Waals surface area contributed by atoms with Crippen molar-refractivity contribution < 1.29 is 4.52 Å². The number of hydrogen-bond donors (Lipinski definition) is 0. The highest BCUT2D eigenvalue weighted by Gasteiger charge is 2.05. The van der Waals surface area contributed by atoms with Gasteiger partial charge in [-0.15, -0.1) is 11.8 Å². The molecule has 0 radical (unpaired) electrons. The Bertz CT molecular complexity index is 461. The van der Waals surface area contributed by atoms with Crippen molar-refractivity contribution in [3.05, 3.63) is 35.9 Å². The van der Waals surface area contributed by atoms with E-state index < -0.39 is 0 Å². The summed E-state index contributed by atoms with van der Waals surface area (Å²) in [4.78, 5) is 0. The van der Waals surface area contributed by atoms with Gasteiger partial charge in [0, 0.05) is 11.6 Å². The van der Waals surface area contributed by atoms with Crippen LogP contribution in [0.15, 0.2) is 39.9 Å². The number of nitrogens with zero attached hydrogens (tertiary/aromatic N) is 1. The average molecular weight is 247 g/mol. The molecule has 90 valence electrons. The first-order valence-electron chi connectivity index (χ1n) is 5.93. The molecule has 0 N–H and O–H groups in total. The van der Waals surface area contributed by atoms with E-state index in [9.17, 15) is 0 Å². The van der Waals surface area contributed by atoms with Crippen LogP contribution in [-0.4, -0.2) is 11.4 Å². The van der Waals surface area contributed by atoms with Crippen LogP contribution in [0.1, 0.15) is 25.3 Å². The molecule has 0 unspecified atom stereocenters. The zero-order valence-corrected chi connectivity index (χ0v) is 11.1. The summed E-state index contributed by atoms with van der Waals surface area (Å²) in [5.74, 6) is 0.844. The van der Waals surface area contributed by atoms with Crippen LogP contribution in [0.5, 0.6) is 0 Å². The van der Waals surface area contributed by atoms with Gasteiger partial charge in [-0.05, 0) is 24.7 Å². The zero-order valence-electron chi connectivity index (χ0n) is 10.3. The second-order valence-electron chi connectivity index (χ2n) is 4.03. The average Bonchev–Trinajstić information content (AvgIpc) is 2.86. The summed E-state index contributed by atoms with van der Waals surface area (Å²) in [6, 6.07) is 10.5. The summed E-state index contributed by atoms with van der Waals surface area (Å²) >= 11 is 1.59. The Labute approximate surface area is 106 Å². The lowest BCUT2D eigenvalue weighted by Gasteiger charge is -2.00. The highest BCUT2D eigenvalue weighted by atomic mass is 32.2. The number of rotatable bonds is 5. The molecule has 0 aliphatic carbocycles. The quantitative estimate of drug-likeness (QED) is 0.732. The second-order valence-corrected chi connectivity index (χ2v) is 4.86. The highest BCUT2D eigenvalue weighted by Crippen LogP contribution is 2.24. The molecule has 0 spiro atoms. The minimum absolute atomic E-state index is 0.844. The van der Waals surface area contributed by atoms with Gasteiger partial charge in [0.05, 0.1) is 0 Å². The molecule has 2 rings (SSSR count). The summed E-state index contributed by atoms with van der Waals surface area (Å²) in [5, 5.41) is 4.90. The SMILES string of the molecule is CCCCc1ccc(-c2cc(SC)no2)cc1. The van der Waals surface area contributed by atoms with Gasteiger partial charge in [-0.1, -0.05) is 42.8 Å². The van der Waals surface area contributed by atoms with Gasteiger partial charge in [-0.2, -0.15) is 0 Å². The lowest BCUT2D eigenvalue weighted by atomic mass is 10.1. The maximum absolute atomic E-state index is 5.29. The third kappa shape index (κ3) is 3.13. The molecule has 0 aliphatic rings. The number of aromatic nitrogens is 1. The molecular formula is C14H17NOS. The van der Waals surface area contributed by atoms with E-state index in [1.807, 2.05) is 12.3 Å². The second kappa shape index (κ2) is 5.92. The monoisotopic (exact) mass is 247 g/mol. The molecule has 0 aliphatic heterocycles. The fraction of sp³-hybridized carbons (Fsp3) is 0.357. The molecule has 0 saturated heterocycles. The third-order valence-corrected chi connectivity index (χ3v) is 3.37. The smallest absolute Gasteiger partial charge is 0.168 e. The molecule has 2 nitrogen and oxygen atoms in total. The van der Waals surface area contributed by atoms with Gasteiger partial charge >= 0.3 is 0 Å². The fourth-order valence-corrected chi connectivity index (χ4v) is 2.04. The van der Waals surface area contributed by atoms with Crippen molar-refractivity contribution in [2.75, 3.05) is 6.26 Å². The van der Waals surface area contributed by atoms with Crippen LogP contribution in [0.3, 0.4) is 0 Å². The first kappa shape index (κ1) is 12.2. The molecule has 0 fully saturated rings. The van der Waals surface area contributed by atoms with Gasteiger partial charge in [0.15, 0.2) is 5.76 Å². The van der Waals surface area contributed by atoms with Crippen molar-refractivity contribution in [1.29, 1.82) is 0 Å². The van der Waals surface area contributed by atoms with Crippen molar-refractivity contribution in [3.8, 4) is 11.3 Å². The lowest BCUT2D eigenvalue weighted by molar-refractivity contribution is 0.415. The summed E-state index contributed by atoms with van der Waals surface area (Å²) in [5.41, 5.74) is 2.48. The van der Waals surface area contributed by atoms with Gasteiger partial charge in [0.25, 0.3) is 0 Å². The minimum Gasteiger partial charge on any atom is -0.355 e. The molecule has 3 heteroatoms. The van der Waals surface area contributed by atoms with Crippen LogP contribution in [0.4, 0.5) is 0 Å². The maximum Gasteiger partial charge on any atom is 0.168 e. The predicted octanol–water partition coefficient (Wildman–Crippen LogP) is 4.41. The van der Waals surface area contributed by atoms with Crippen molar-refractivity contribution in [2.24, 2.45) is 0 Å². The van der Waals surface area contributed by atoms with E-state index in [1.165, 1.54) is 18.4 Å². The minimum atomic E-state index is 0.844. The molecule has 17 heavy (non-hydrogen) atoms. The van der Waals surface area contributed by atoms with Crippen molar-refractivity contribution in [3.63, 3.8) is 0 Å². The molecule has 0 atom stereocenters. The Morgan fingerprint density at radius 2 is 2.00 bits per heavy atom. The van der Waals surface area contributed by atoms with Crippen LogP contribution < -0.4 is 0 Å². The lowest BCUT2D eigenvalue weighted by Crippen LogP contribution is -1.84. The number of aryl methyl sites for hydroxylation is 1. The Morgan fingerprint density at radius 1 is 1.24 bits per heavy atom. The van der Waals surface area contributed by atoms with E-state index in [4.69, 9.17) is 4.52 Å². The fourth-order valence-electron chi connectivity index (χ4n) is 1.71. The number of unbranched alkanes of at least 4 members (excludes halogenated alkanes) is 1. The van der Waals surface area contributed by atoms with Crippen LogP contribution in [0, 0.1) is 0 Å². The number of thioether (sulfide) groups is 1. The van der Waals surface area contributed by atoms with E-state index >= 15 is 0 Å². The molecule has 1 aromatic carbocycles. The Kier molecular flexibility index (Phi) is 4.26. The molecule has 0 saturated carbocycles. The first-order valence-corrected chi connectivity index (χ1v) is 7.16. The molecule has 0 amide bonds. The molecule has 2 aromatic rings. The van der Waals surface area contributed by atoms with E-state index in [2.05, 4.69) is 36.3 Å². The zero-order chi connectivity index (χ0) is 12.1.